The maximum absolute atomic E-state index is 2.40. The van der Waals surface area contributed by atoms with Crippen LogP contribution in [0.15, 0.2) is 24.3 Å². The van der Waals surface area contributed by atoms with E-state index >= 15 is 0 Å². The highest BCUT2D eigenvalue weighted by atomic mass is 14.5. The van der Waals surface area contributed by atoms with Gasteiger partial charge < -0.3 is 0 Å². The summed E-state index contributed by atoms with van der Waals surface area (Å²) in [4.78, 5) is 0. The lowest BCUT2D eigenvalue weighted by atomic mass is 9.56. The molecule has 3 rings (SSSR count). The van der Waals surface area contributed by atoms with Crippen molar-refractivity contribution in [1.29, 1.82) is 0 Å². The van der Waals surface area contributed by atoms with Gasteiger partial charge in [-0.05, 0) is 47.1 Å². The van der Waals surface area contributed by atoms with Crippen molar-refractivity contribution in [3.63, 3.8) is 0 Å². The minimum absolute atomic E-state index is 0.485. The zero-order valence-electron chi connectivity index (χ0n) is 9.96. The molecule has 1 aromatic carbocycles. The molecule has 0 nitrogen and oxygen atoms in total. The highest BCUT2D eigenvalue weighted by molar-refractivity contribution is 5.39. The first kappa shape index (κ1) is 9.45. The third kappa shape index (κ3) is 1.27. The fourth-order valence-electron chi connectivity index (χ4n) is 3.65. The first-order valence-corrected chi connectivity index (χ1v) is 6.15. The number of hydrogen-bond donors (Lipinski definition) is 0. The fraction of sp³-hybridized carbons (Fsp3) is 0.600. The first-order chi connectivity index (χ1) is 7.07. The van der Waals surface area contributed by atoms with Crippen LogP contribution in [0.1, 0.15) is 44.2 Å². The Labute approximate surface area is 92.7 Å². The average molecular weight is 200 g/mol. The molecule has 1 aromatic rings. The Morgan fingerprint density at radius 2 is 1.87 bits per heavy atom. The summed E-state index contributed by atoms with van der Waals surface area (Å²) in [5.74, 6) is 2.75. The Balaban J connectivity index is 1.96. The lowest BCUT2D eigenvalue weighted by Crippen LogP contribution is -2.40. The molecule has 2 aliphatic rings. The molecule has 0 spiro atoms. The van der Waals surface area contributed by atoms with Crippen LogP contribution < -0.4 is 0 Å². The van der Waals surface area contributed by atoms with E-state index < -0.39 is 0 Å². The number of hydrogen-bond acceptors (Lipinski definition) is 0. The Morgan fingerprint density at radius 3 is 2.60 bits per heavy atom. The SMILES string of the molecule is CC(C)(C)C1CC2Cc3ccccc3C21. The standard InChI is InChI=1S/C15H20/c1-15(2,3)13-9-11-8-10-6-4-5-7-12(10)14(11)13/h4-7,11,13-14H,8-9H2,1-3H3. The Kier molecular flexibility index (Phi) is 1.81. The highest BCUT2D eigenvalue weighted by Crippen LogP contribution is 2.60. The summed E-state index contributed by atoms with van der Waals surface area (Å²) in [6.45, 7) is 7.19. The van der Waals surface area contributed by atoms with Gasteiger partial charge in [0.1, 0.15) is 0 Å². The Hall–Kier alpha value is -0.780. The largest absolute Gasteiger partial charge is 0.0620 e. The summed E-state index contributed by atoms with van der Waals surface area (Å²) in [6, 6.07) is 9.08. The van der Waals surface area contributed by atoms with Crippen LogP contribution >= 0.6 is 0 Å². The van der Waals surface area contributed by atoms with E-state index in [-0.39, 0.29) is 0 Å². The Morgan fingerprint density at radius 1 is 1.13 bits per heavy atom. The van der Waals surface area contributed by atoms with Crippen molar-refractivity contribution in [3.05, 3.63) is 35.4 Å². The summed E-state index contributed by atoms with van der Waals surface area (Å²) in [5.41, 5.74) is 3.77. The summed E-state index contributed by atoms with van der Waals surface area (Å²) in [5, 5.41) is 0. The van der Waals surface area contributed by atoms with Gasteiger partial charge in [-0.1, -0.05) is 45.0 Å². The van der Waals surface area contributed by atoms with Gasteiger partial charge in [0, 0.05) is 0 Å². The van der Waals surface area contributed by atoms with Gasteiger partial charge in [0.25, 0.3) is 0 Å². The van der Waals surface area contributed by atoms with Crippen molar-refractivity contribution in [2.75, 3.05) is 0 Å². The van der Waals surface area contributed by atoms with E-state index in [2.05, 4.69) is 45.0 Å². The zero-order chi connectivity index (χ0) is 10.6. The predicted octanol–water partition coefficient (Wildman–Crippen LogP) is 4.01. The smallest absolute Gasteiger partial charge is 0.00942 e. The van der Waals surface area contributed by atoms with Gasteiger partial charge in [0.2, 0.25) is 0 Å². The molecule has 1 fully saturated rings. The lowest BCUT2D eigenvalue weighted by Gasteiger charge is -2.48. The molecule has 1 saturated carbocycles. The minimum atomic E-state index is 0.485. The van der Waals surface area contributed by atoms with Crippen LogP contribution in [0.4, 0.5) is 0 Å². The lowest BCUT2D eigenvalue weighted by molar-refractivity contribution is 0.0513. The third-order valence-electron chi connectivity index (χ3n) is 4.51. The predicted molar refractivity (Wildman–Crippen MR) is 63.9 cm³/mol. The molecule has 80 valence electrons. The monoisotopic (exact) mass is 200 g/mol. The fourth-order valence-corrected chi connectivity index (χ4v) is 3.65. The molecule has 0 heterocycles. The summed E-state index contributed by atoms with van der Waals surface area (Å²) in [6.07, 6.45) is 2.79. The van der Waals surface area contributed by atoms with Gasteiger partial charge in [-0.25, -0.2) is 0 Å². The summed E-state index contributed by atoms with van der Waals surface area (Å²) < 4.78 is 0. The van der Waals surface area contributed by atoms with Crippen molar-refractivity contribution in [1.82, 2.24) is 0 Å². The molecular formula is C15H20. The molecule has 0 N–H and O–H groups in total. The molecule has 0 amide bonds. The highest BCUT2D eigenvalue weighted by Gasteiger charge is 2.50. The third-order valence-corrected chi connectivity index (χ3v) is 4.51. The van der Waals surface area contributed by atoms with E-state index in [4.69, 9.17) is 0 Å². The second-order valence-electron chi connectivity index (χ2n) is 6.40. The number of benzene rings is 1. The van der Waals surface area contributed by atoms with Crippen molar-refractivity contribution in [3.8, 4) is 0 Å². The molecule has 3 atom stereocenters. The molecule has 0 bridgehead atoms. The number of rotatable bonds is 0. The van der Waals surface area contributed by atoms with Gasteiger partial charge in [0.15, 0.2) is 0 Å². The van der Waals surface area contributed by atoms with Crippen molar-refractivity contribution in [2.24, 2.45) is 17.3 Å². The first-order valence-electron chi connectivity index (χ1n) is 6.15. The molecule has 3 unspecified atom stereocenters. The van der Waals surface area contributed by atoms with E-state index in [0.29, 0.717) is 5.41 Å². The molecule has 0 saturated heterocycles. The Bertz CT molecular complexity index is 383. The van der Waals surface area contributed by atoms with Crippen LogP contribution in [0, 0.1) is 17.3 Å². The molecular weight excluding hydrogens is 180 g/mol. The van der Waals surface area contributed by atoms with Crippen molar-refractivity contribution in [2.45, 2.75) is 39.5 Å². The van der Waals surface area contributed by atoms with Crippen LogP contribution in [0.2, 0.25) is 0 Å². The van der Waals surface area contributed by atoms with Gasteiger partial charge in [-0.15, -0.1) is 0 Å². The van der Waals surface area contributed by atoms with Gasteiger partial charge >= 0.3 is 0 Å². The van der Waals surface area contributed by atoms with Crippen molar-refractivity contribution >= 4 is 0 Å². The summed E-state index contributed by atoms with van der Waals surface area (Å²) in [7, 11) is 0. The van der Waals surface area contributed by atoms with Crippen LogP contribution in [0.25, 0.3) is 0 Å². The quantitative estimate of drug-likeness (QED) is 0.593. The second-order valence-corrected chi connectivity index (χ2v) is 6.40. The molecule has 0 radical (unpaired) electrons. The van der Waals surface area contributed by atoms with E-state index in [9.17, 15) is 0 Å². The van der Waals surface area contributed by atoms with Crippen LogP contribution in [-0.2, 0) is 6.42 Å². The molecule has 0 aromatic heterocycles. The van der Waals surface area contributed by atoms with Gasteiger partial charge in [-0.2, -0.15) is 0 Å². The minimum Gasteiger partial charge on any atom is -0.0620 e. The van der Waals surface area contributed by atoms with E-state index in [0.717, 1.165) is 17.8 Å². The van der Waals surface area contributed by atoms with Crippen LogP contribution in [0.5, 0.6) is 0 Å². The average Bonchev–Trinajstić information content (AvgIpc) is 2.36. The molecule has 15 heavy (non-hydrogen) atoms. The van der Waals surface area contributed by atoms with Gasteiger partial charge in [-0.3, -0.25) is 0 Å². The van der Waals surface area contributed by atoms with E-state index in [1.165, 1.54) is 12.8 Å². The normalized spacial score (nSPS) is 33.1. The molecule has 0 aliphatic heterocycles. The summed E-state index contributed by atoms with van der Waals surface area (Å²) >= 11 is 0. The van der Waals surface area contributed by atoms with Crippen LogP contribution in [-0.4, -0.2) is 0 Å². The van der Waals surface area contributed by atoms with Crippen molar-refractivity contribution < 1.29 is 0 Å². The zero-order valence-corrected chi connectivity index (χ0v) is 9.96. The second kappa shape index (κ2) is 2.87. The number of fused-ring (bicyclic) bond motifs is 3. The van der Waals surface area contributed by atoms with Gasteiger partial charge in [0.05, 0.1) is 0 Å². The topological polar surface area (TPSA) is 0 Å². The van der Waals surface area contributed by atoms with Crippen LogP contribution in [0.3, 0.4) is 0 Å². The maximum atomic E-state index is 2.40. The van der Waals surface area contributed by atoms with E-state index in [1.807, 2.05) is 0 Å². The molecule has 0 heteroatoms. The van der Waals surface area contributed by atoms with E-state index in [1.54, 1.807) is 11.1 Å². The molecule has 2 aliphatic carbocycles. The maximum Gasteiger partial charge on any atom is -0.00942 e.